The van der Waals surface area contributed by atoms with Crippen LogP contribution in [0.3, 0.4) is 0 Å². The van der Waals surface area contributed by atoms with Crippen molar-refractivity contribution in [2.24, 2.45) is 0 Å². The molecule has 4 nitrogen and oxygen atoms in total. The zero-order valence-corrected chi connectivity index (χ0v) is 9.86. The van der Waals surface area contributed by atoms with Crippen molar-refractivity contribution < 1.29 is 4.42 Å². The summed E-state index contributed by atoms with van der Waals surface area (Å²) in [7, 11) is 0. The second-order valence-electron chi connectivity index (χ2n) is 2.90. The zero-order chi connectivity index (χ0) is 10.4. The molecule has 0 fully saturated rings. The summed E-state index contributed by atoms with van der Waals surface area (Å²) in [5.74, 6) is 0.711. The highest BCUT2D eigenvalue weighted by atomic mass is 35.5. The molecular weight excluding hydrogens is 222 g/mol. The van der Waals surface area contributed by atoms with Crippen molar-refractivity contribution in [3.05, 3.63) is 5.89 Å². The van der Waals surface area contributed by atoms with Gasteiger partial charge in [-0.2, -0.15) is 11.8 Å². The van der Waals surface area contributed by atoms with Crippen molar-refractivity contribution in [1.29, 1.82) is 0 Å². The molecule has 0 saturated carbocycles. The van der Waals surface area contributed by atoms with Crippen molar-refractivity contribution in [2.45, 2.75) is 24.5 Å². The van der Waals surface area contributed by atoms with E-state index >= 15 is 0 Å². The molecular formula is C8H14ClN3OS. The number of nitrogens with zero attached hydrogens (tertiary/aromatic N) is 2. The molecule has 1 N–H and O–H groups in total. The van der Waals surface area contributed by atoms with E-state index in [1.54, 1.807) is 0 Å². The number of rotatable bonds is 6. The maximum Gasteiger partial charge on any atom is 0.315 e. The maximum atomic E-state index is 5.52. The van der Waals surface area contributed by atoms with Gasteiger partial charge in [-0.15, -0.1) is 16.7 Å². The highest BCUT2D eigenvalue weighted by Crippen LogP contribution is 2.11. The third kappa shape index (κ3) is 3.75. The number of nitrogens with one attached hydrogen (secondary N) is 1. The Labute approximate surface area is 92.8 Å². The van der Waals surface area contributed by atoms with Crippen LogP contribution < -0.4 is 5.32 Å². The normalized spacial score (nSPS) is 12.8. The molecule has 0 radical (unpaired) electrons. The minimum Gasteiger partial charge on any atom is -0.407 e. The number of hydrogen-bond donors (Lipinski definition) is 1. The van der Waals surface area contributed by atoms with Gasteiger partial charge >= 0.3 is 6.01 Å². The van der Waals surface area contributed by atoms with E-state index in [-0.39, 0.29) is 5.88 Å². The van der Waals surface area contributed by atoms with Crippen molar-refractivity contribution in [2.75, 3.05) is 18.1 Å². The van der Waals surface area contributed by atoms with Crippen LogP contribution in [-0.4, -0.2) is 28.2 Å². The summed E-state index contributed by atoms with van der Waals surface area (Å²) in [6.07, 6.45) is 3.17. The number of anilines is 1. The summed E-state index contributed by atoms with van der Waals surface area (Å²) in [6.45, 7) is 3.02. The van der Waals surface area contributed by atoms with Gasteiger partial charge < -0.3 is 9.73 Å². The minimum absolute atomic E-state index is 0.260. The van der Waals surface area contributed by atoms with E-state index < -0.39 is 0 Å². The largest absolute Gasteiger partial charge is 0.407 e. The molecule has 1 aromatic heterocycles. The van der Waals surface area contributed by atoms with Crippen LogP contribution in [-0.2, 0) is 5.88 Å². The Morgan fingerprint density at radius 3 is 2.93 bits per heavy atom. The molecule has 1 rings (SSSR count). The minimum atomic E-state index is 0.260. The van der Waals surface area contributed by atoms with Crippen molar-refractivity contribution in [3.63, 3.8) is 0 Å². The Morgan fingerprint density at radius 1 is 1.57 bits per heavy atom. The fourth-order valence-electron chi connectivity index (χ4n) is 0.879. The first kappa shape index (κ1) is 11.7. The zero-order valence-electron chi connectivity index (χ0n) is 8.29. The van der Waals surface area contributed by atoms with Crippen molar-refractivity contribution in [3.8, 4) is 0 Å². The van der Waals surface area contributed by atoms with Gasteiger partial charge in [-0.05, 0) is 12.7 Å². The molecule has 6 heteroatoms. The molecule has 0 amide bonds. The number of aromatic nitrogens is 2. The van der Waals surface area contributed by atoms with Gasteiger partial charge in [-0.1, -0.05) is 12.0 Å². The van der Waals surface area contributed by atoms with Crippen LogP contribution in [0.5, 0.6) is 0 Å². The lowest BCUT2D eigenvalue weighted by Gasteiger charge is -2.06. The molecule has 1 aromatic rings. The molecule has 0 spiro atoms. The van der Waals surface area contributed by atoms with Crippen LogP contribution in [0.1, 0.15) is 19.2 Å². The molecule has 0 aliphatic heterocycles. The lowest BCUT2D eigenvalue weighted by molar-refractivity contribution is 0.525. The number of alkyl halides is 1. The second-order valence-corrected chi connectivity index (χ2v) is 4.44. The third-order valence-corrected chi connectivity index (χ3v) is 3.08. The van der Waals surface area contributed by atoms with Crippen LogP contribution >= 0.6 is 23.4 Å². The Balaban J connectivity index is 2.24. The molecule has 1 heterocycles. The molecule has 1 unspecified atom stereocenters. The topological polar surface area (TPSA) is 51.0 Å². The summed E-state index contributed by atoms with van der Waals surface area (Å²) >= 11 is 7.36. The molecule has 0 aromatic carbocycles. The highest BCUT2D eigenvalue weighted by Gasteiger charge is 2.04. The van der Waals surface area contributed by atoms with Crippen molar-refractivity contribution in [1.82, 2.24) is 10.2 Å². The molecule has 0 aliphatic rings. The van der Waals surface area contributed by atoms with E-state index in [0.717, 1.165) is 13.0 Å². The van der Waals surface area contributed by atoms with Crippen LogP contribution in [0.15, 0.2) is 4.42 Å². The van der Waals surface area contributed by atoms with Gasteiger partial charge in [0, 0.05) is 11.8 Å². The van der Waals surface area contributed by atoms with Crippen LogP contribution in [0.4, 0.5) is 6.01 Å². The summed E-state index contributed by atoms with van der Waals surface area (Å²) in [5.41, 5.74) is 0. The molecule has 0 bridgehead atoms. The van der Waals surface area contributed by atoms with E-state index in [9.17, 15) is 0 Å². The van der Waals surface area contributed by atoms with E-state index in [1.165, 1.54) is 0 Å². The smallest absolute Gasteiger partial charge is 0.315 e. The molecule has 0 aliphatic carbocycles. The van der Waals surface area contributed by atoms with Gasteiger partial charge in [0.05, 0.1) is 0 Å². The van der Waals surface area contributed by atoms with Crippen LogP contribution in [0, 0.1) is 0 Å². The predicted octanol–water partition coefficient (Wildman–Crippen LogP) is 2.36. The SMILES string of the molecule is CSC(C)CCNc1nnc(CCl)o1. The van der Waals surface area contributed by atoms with E-state index in [2.05, 4.69) is 28.7 Å². The number of halogens is 1. The summed E-state index contributed by atoms with van der Waals surface area (Å²) in [6, 6.07) is 0.453. The summed E-state index contributed by atoms with van der Waals surface area (Å²) < 4.78 is 5.18. The fraction of sp³-hybridized carbons (Fsp3) is 0.750. The standard InChI is InChI=1S/C8H14ClN3OS/c1-6(14-2)3-4-10-8-12-11-7(5-9)13-8/h6H,3-5H2,1-2H3,(H,10,12). The molecule has 14 heavy (non-hydrogen) atoms. The quantitative estimate of drug-likeness (QED) is 0.768. The lowest BCUT2D eigenvalue weighted by atomic mass is 10.3. The van der Waals surface area contributed by atoms with Crippen LogP contribution in [0.25, 0.3) is 0 Å². The first-order valence-electron chi connectivity index (χ1n) is 4.41. The average molecular weight is 236 g/mol. The fourth-order valence-corrected chi connectivity index (χ4v) is 1.34. The van der Waals surface area contributed by atoms with Gasteiger partial charge in [0.1, 0.15) is 5.88 Å². The molecule has 1 atom stereocenters. The Kier molecular flexibility index (Phi) is 5.11. The third-order valence-electron chi connectivity index (χ3n) is 1.81. The van der Waals surface area contributed by atoms with E-state index in [4.69, 9.17) is 16.0 Å². The van der Waals surface area contributed by atoms with Gasteiger partial charge in [-0.3, -0.25) is 0 Å². The maximum absolute atomic E-state index is 5.52. The van der Waals surface area contributed by atoms with Gasteiger partial charge in [0.15, 0.2) is 0 Å². The summed E-state index contributed by atoms with van der Waals surface area (Å²) in [5, 5.41) is 11.2. The van der Waals surface area contributed by atoms with Gasteiger partial charge in [-0.25, -0.2) is 0 Å². The summed E-state index contributed by atoms with van der Waals surface area (Å²) in [4.78, 5) is 0. The van der Waals surface area contributed by atoms with E-state index in [1.807, 2.05) is 11.8 Å². The lowest BCUT2D eigenvalue weighted by Crippen LogP contribution is -2.07. The second kappa shape index (κ2) is 6.14. The highest BCUT2D eigenvalue weighted by molar-refractivity contribution is 7.99. The first-order valence-corrected chi connectivity index (χ1v) is 6.23. The first-order chi connectivity index (χ1) is 6.76. The number of thioether (sulfide) groups is 1. The van der Waals surface area contributed by atoms with Gasteiger partial charge in [0.2, 0.25) is 5.89 Å². The molecule has 0 saturated heterocycles. The monoisotopic (exact) mass is 235 g/mol. The van der Waals surface area contributed by atoms with Gasteiger partial charge in [0.25, 0.3) is 0 Å². The molecule has 80 valence electrons. The predicted molar refractivity (Wildman–Crippen MR) is 59.9 cm³/mol. The average Bonchev–Trinajstić information content (AvgIpc) is 2.65. The van der Waals surface area contributed by atoms with E-state index in [0.29, 0.717) is 17.2 Å². The number of hydrogen-bond acceptors (Lipinski definition) is 5. The Morgan fingerprint density at radius 2 is 2.36 bits per heavy atom. The van der Waals surface area contributed by atoms with Crippen molar-refractivity contribution >= 4 is 29.4 Å². The van der Waals surface area contributed by atoms with Crippen LogP contribution in [0.2, 0.25) is 0 Å². The Bertz CT molecular complexity index is 269. The Hall–Kier alpha value is -0.420.